The van der Waals surface area contributed by atoms with Crippen molar-refractivity contribution < 1.29 is 15.8 Å². The van der Waals surface area contributed by atoms with Crippen molar-refractivity contribution in [1.29, 1.82) is 0 Å². The van der Waals surface area contributed by atoms with Crippen LogP contribution in [0.2, 0.25) is 0 Å². The Hall–Kier alpha value is -0.471. The molecule has 1 heterocycles. The third kappa shape index (κ3) is 20.2. The van der Waals surface area contributed by atoms with Crippen LogP contribution in [-0.2, 0) is 14.3 Å². The van der Waals surface area contributed by atoms with Gasteiger partial charge in [-0.2, -0.15) is 0 Å². The number of ketones is 1. The van der Waals surface area contributed by atoms with Gasteiger partial charge in [-0.1, -0.05) is 58.6 Å². The standard InChI is InChI=1S/C12H18O2.C12H22O.B8.B6.H2/c1-5-6-8(2)7-11-9(3)12(13)14-10(11)4;1-4-5-9(2)6-11-8-12(13)7-10(11)3;1-4-7-8(5-2)6-3;1-4-6(3)5-2;/h7,10H,5-6H2,1-4H3;9-11H,4-8H2,1-3H3;;;1H. The number of hydrogen-bond donors (Lipinski definition) is 0. The fourth-order valence-electron chi connectivity index (χ4n) is 4.62. The van der Waals surface area contributed by atoms with Gasteiger partial charge in [-0.3, -0.25) is 4.79 Å². The Morgan fingerprint density at radius 3 is 1.95 bits per heavy atom. The first-order valence-corrected chi connectivity index (χ1v) is 14.8. The van der Waals surface area contributed by atoms with E-state index < -0.39 is 0 Å². The highest BCUT2D eigenvalue weighted by Gasteiger charge is 2.30. The van der Waals surface area contributed by atoms with E-state index in [-0.39, 0.29) is 26.3 Å². The maximum Gasteiger partial charge on any atom is 0.334 e. The number of allylic oxidation sites excluding steroid dienone is 1. The summed E-state index contributed by atoms with van der Waals surface area (Å²) < 4.78 is 5.11. The van der Waals surface area contributed by atoms with Crippen LogP contribution in [0.25, 0.3) is 0 Å². The summed E-state index contributed by atoms with van der Waals surface area (Å²) in [6, 6.07) is 0. The van der Waals surface area contributed by atoms with Crippen molar-refractivity contribution in [3.63, 3.8) is 0 Å². The highest BCUT2D eigenvalue weighted by atomic mass is 16.5. The Morgan fingerprint density at radius 2 is 1.63 bits per heavy atom. The van der Waals surface area contributed by atoms with Gasteiger partial charge in [-0.05, 0) is 51.4 Å². The van der Waals surface area contributed by atoms with Crippen LogP contribution in [0.1, 0.15) is 94.8 Å². The molecule has 2 aliphatic rings. The number of esters is 1. The smallest absolute Gasteiger partial charge is 0.334 e. The van der Waals surface area contributed by atoms with Crippen LogP contribution >= 0.6 is 0 Å². The minimum Gasteiger partial charge on any atom is -0.454 e. The molecule has 4 atom stereocenters. The van der Waals surface area contributed by atoms with E-state index in [2.05, 4.69) is 40.7 Å². The molecule has 41 heavy (non-hydrogen) atoms. The van der Waals surface area contributed by atoms with Crippen molar-refractivity contribution in [1.82, 2.24) is 0 Å². The zero-order valence-electron chi connectivity index (χ0n) is 26.6. The molecule has 4 unspecified atom stereocenters. The van der Waals surface area contributed by atoms with E-state index in [4.69, 9.17) is 51.2 Å². The molecule has 0 saturated heterocycles. The lowest BCUT2D eigenvalue weighted by Crippen LogP contribution is -2.41. The third-order valence-corrected chi connectivity index (χ3v) is 7.06. The first-order valence-electron chi connectivity index (χ1n) is 14.8. The lowest BCUT2D eigenvalue weighted by atomic mass is 8.78. The summed E-state index contributed by atoms with van der Waals surface area (Å²) in [5.74, 6) is 2.46. The lowest BCUT2D eigenvalue weighted by Gasteiger charge is -2.18. The normalized spacial score (nSPS) is 20.0. The molecule has 0 aromatic heterocycles. The van der Waals surface area contributed by atoms with E-state index in [0.29, 0.717) is 17.6 Å². The van der Waals surface area contributed by atoms with Crippen molar-refractivity contribution in [2.75, 3.05) is 0 Å². The largest absolute Gasteiger partial charge is 0.454 e. The number of hydrogen-bond acceptors (Lipinski definition) is 3. The molecule has 0 N–H and O–H groups in total. The Bertz CT molecular complexity index is 782. The summed E-state index contributed by atoms with van der Waals surface area (Å²) in [6.07, 6.45) is 9.52. The van der Waals surface area contributed by atoms with Crippen molar-refractivity contribution >= 4 is 113 Å². The van der Waals surface area contributed by atoms with Gasteiger partial charge in [0.25, 0.3) is 0 Å². The SMILES string of the molecule is CCCC(C)=CC1=C(C)C(=O)OC1C.CCCC(C)CC1CC(=O)CC1C.[B][B]B([B])[B][B].[B][B][B]B([B][B])[B][B].[HH]. The Kier molecular flexibility index (Phi) is 27.0. The Labute approximate surface area is 268 Å². The zero-order valence-corrected chi connectivity index (χ0v) is 26.6. The van der Waals surface area contributed by atoms with Crippen molar-refractivity contribution in [3.05, 3.63) is 22.8 Å². The quantitative estimate of drug-likeness (QED) is 0.267. The van der Waals surface area contributed by atoms with Gasteiger partial charge < -0.3 is 4.74 Å². The van der Waals surface area contributed by atoms with Crippen LogP contribution in [-0.4, -0.2) is 119 Å². The van der Waals surface area contributed by atoms with Gasteiger partial charge in [-0.15, -0.1) is 0 Å². The molecule has 0 bridgehead atoms. The molecular formula is C24H42B14O3. The number of carbonyl (C=O) groups is 2. The minimum absolute atomic E-state index is 0. The summed E-state index contributed by atoms with van der Waals surface area (Å²) in [4.78, 5) is 22.4. The number of cyclic esters (lactones) is 1. The molecule has 198 valence electrons. The second kappa shape index (κ2) is 26.0. The van der Waals surface area contributed by atoms with Gasteiger partial charge in [-0.25, -0.2) is 4.79 Å². The molecule has 18 radical (unpaired) electrons. The lowest BCUT2D eigenvalue weighted by molar-refractivity contribution is -0.139. The highest BCUT2D eigenvalue weighted by Crippen LogP contribution is 2.34. The van der Waals surface area contributed by atoms with E-state index in [1.807, 2.05) is 13.8 Å². The van der Waals surface area contributed by atoms with Gasteiger partial charge in [0.1, 0.15) is 11.9 Å². The summed E-state index contributed by atoms with van der Waals surface area (Å²) in [7, 11) is 38.9. The summed E-state index contributed by atoms with van der Waals surface area (Å²) in [5, 5.41) is 0. The van der Waals surface area contributed by atoms with Crippen molar-refractivity contribution in [2.24, 2.45) is 17.8 Å². The Balaban J connectivity index is -0.000000504. The maximum atomic E-state index is 11.2. The molecule has 0 aromatic carbocycles. The molecule has 0 spiro atoms. The number of Topliss-reactive ketones (excluding diaryl/α,β-unsaturated/α-hetero) is 1. The summed E-state index contributed by atoms with van der Waals surface area (Å²) in [5.41, 5.74) is 3.11. The summed E-state index contributed by atoms with van der Waals surface area (Å²) >= 11 is 0. The minimum atomic E-state index is -0.259. The van der Waals surface area contributed by atoms with Crippen LogP contribution in [0.4, 0.5) is 0 Å². The van der Waals surface area contributed by atoms with E-state index in [1.165, 1.54) is 60.1 Å². The predicted octanol–water partition coefficient (Wildman–Crippen LogP) is 1.34. The fourth-order valence-corrected chi connectivity index (χ4v) is 4.62. The van der Waals surface area contributed by atoms with Crippen LogP contribution in [0.5, 0.6) is 0 Å². The second-order valence-electron chi connectivity index (χ2n) is 11.0. The average Bonchev–Trinajstić information content (AvgIpc) is 3.38. The molecular weight excluding hydrogens is 488 g/mol. The van der Waals surface area contributed by atoms with Gasteiger partial charge in [0.15, 0.2) is 0 Å². The molecule has 2 rings (SSSR count). The van der Waals surface area contributed by atoms with Crippen LogP contribution in [0, 0.1) is 17.8 Å². The van der Waals surface area contributed by atoms with Gasteiger partial charge in [0.05, 0.1) is 0 Å². The van der Waals surface area contributed by atoms with Crippen molar-refractivity contribution in [3.8, 4) is 0 Å². The maximum absolute atomic E-state index is 11.2. The topological polar surface area (TPSA) is 43.4 Å². The highest BCUT2D eigenvalue weighted by molar-refractivity contribution is 7.79. The molecule has 1 aliphatic carbocycles. The van der Waals surface area contributed by atoms with Gasteiger partial charge in [0.2, 0.25) is 0 Å². The third-order valence-electron chi connectivity index (χ3n) is 7.06. The first-order chi connectivity index (χ1) is 19.3. The van der Waals surface area contributed by atoms with Crippen molar-refractivity contribution in [2.45, 2.75) is 99.5 Å². The average molecular weight is 530 g/mol. The molecule has 0 aromatic rings. The van der Waals surface area contributed by atoms with E-state index in [1.54, 1.807) is 7.06 Å². The molecule has 1 saturated carbocycles. The second-order valence-corrected chi connectivity index (χ2v) is 11.0. The van der Waals surface area contributed by atoms with Gasteiger partial charge >= 0.3 is 5.97 Å². The molecule has 17 heteroatoms. The summed E-state index contributed by atoms with van der Waals surface area (Å²) in [6.45, 7) is 14.8. The monoisotopic (exact) mass is 532 g/mol. The van der Waals surface area contributed by atoms with E-state index in [0.717, 1.165) is 42.7 Å². The van der Waals surface area contributed by atoms with Crippen LogP contribution in [0.15, 0.2) is 22.8 Å². The first kappa shape index (κ1) is 42.7. The van der Waals surface area contributed by atoms with E-state index >= 15 is 0 Å². The number of ether oxygens (including phenoxy) is 1. The number of carbonyl (C=O) groups excluding carboxylic acids is 2. The number of rotatable bonds is 13. The molecule has 1 fully saturated rings. The zero-order chi connectivity index (χ0) is 32.0. The Morgan fingerprint density at radius 1 is 1.05 bits per heavy atom. The fraction of sp³-hybridized carbons (Fsp3) is 0.750. The van der Waals surface area contributed by atoms with Crippen LogP contribution in [0.3, 0.4) is 0 Å². The van der Waals surface area contributed by atoms with Gasteiger partial charge in [0, 0.05) is 127 Å². The van der Waals surface area contributed by atoms with E-state index in [9.17, 15) is 9.59 Å². The molecule has 3 nitrogen and oxygen atoms in total. The van der Waals surface area contributed by atoms with Crippen LogP contribution < -0.4 is 0 Å². The predicted molar refractivity (Wildman–Crippen MR) is 195 cm³/mol. The molecule has 1 aliphatic heterocycles. The molecule has 0 amide bonds.